The minimum atomic E-state index is -1.88. The van der Waals surface area contributed by atoms with Crippen molar-refractivity contribution < 1.29 is 129 Å². The maximum Gasteiger partial charge on any atom is 0.187 e. The standard InChI is InChI=1S/C58H98O26/c1-24(2)10-9-14-58(8,84-52-47(74)42(69)39(66)30(80-52)22-77-49-44(71)36(63)27(61)20-75-49)25-11-16-57(7)35(25)26(60)18-33-55(5)15-13-34(54(3,4)32(55)12-17-56(33,57)6)82-53-48(83-51-46(73)41(68)38(65)29(19-59)79-51)43(70)40(67)31(81-53)23-78-50-45(72)37(64)28(62)21-76-50/h10,25-53,59-74H,9,11-23H2,1-8H3/t25-,26+,27+,28+,29+,30+,31+,32-,33+,34-,35-,36-,37-,38+,39+,40+,41-,42-,43-,44+,45+,46+,47+,48+,49-,50-,51-,52-,53-,55-,56+,57+,58-/m0/s1. The third kappa shape index (κ3) is 12.1. The van der Waals surface area contributed by atoms with Crippen LogP contribution in [0.4, 0.5) is 0 Å². The van der Waals surface area contributed by atoms with Crippen LogP contribution < -0.4 is 0 Å². The molecule has 4 saturated carbocycles. The molecule has 26 heteroatoms. The first-order chi connectivity index (χ1) is 39.3. The number of allylic oxidation sites excluding steroid dienone is 2. The summed E-state index contributed by atoms with van der Waals surface area (Å²) >= 11 is 0. The number of rotatable bonds is 17. The number of ether oxygens (including phenoxy) is 10. The molecule has 84 heavy (non-hydrogen) atoms. The average Bonchev–Trinajstić information content (AvgIpc) is 1.23. The fourth-order valence-electron chi connectivity index (χ4n) is 17.1. The molecule has 9 rings (SSSR count). The predicted molar refractivity (Wildman–Crippen MR) is 287 cm³/mol. The monoisotopic (exact) mass is 1210 g/mol. The van der Waals surface area contributed by atoms with Crippen LogP contribution in [-0.4, -0.2) is 274 Å². The van der Waals surface area contributed by atoms with Crippen molar-refractivity contribution in [2.75, 3.05) is 33.0 Å². The summed E-state index contributed by atoms with van der Waals surface area (Å²) in [5, 5.41) is 174. The Morgan fingerprint density at radius 2 is 1.04 bits per heavy atom. The van der Waals surface area contributed by atoms with Crippen molar-refractivity contribution in [1.29, 1.82) is 0 Å². The molecule has 0 radical (unpaired) electrons. The van der Waals surface area contributed by atoms with Gasteiger partial charge in [0.1, 0.15) is 110 Å². The summed E-state index contributed by atoms with van der Waals surface area (Å²) in [5.74, 6) is -0.598. The van der Waals surface area contributed by atoms with Crippen LogP contribution in [0.25, 0.3) is 0 Å². The van der Waals surface area contributed by atoms with Gasteiger partial charge in [0.15, 0.2) is 31.5 Å². The summed E-state index contributed by atoms with van der Waals surface area (Å²) in [4.78, 5) is 0. The molecule has 5 saturated heterocycles. The molecule has 9 aliphatic rings. The first-order valence-electron chi connectivity index (χ1n) is 30.2. The molecule has 0 aromatic rings. The van der Waals surface area contributed by atoms with Gasteiger partial charge in [-0.15, -0.1) is 0 Å². The van der Waals surface area contributed by atoms with Gasteiger partial charge in [0.25, 0.3) is 0 Å². The van der Waals surface area contributed by atoms with Crippen molar-refractivity contribution in [1.82, 2.24) is 0 Å². The number of aliphatic hydroxyl groups is 16. The number of hydrogen-bond acceptors (Lipinski definition) is 26. The first-order valence-corrected chi connectivity index (χ1v) is 30.2. The quantitative estimate of drug-likeness (QED) is 0.0507. The lowest BCUT2D eigenvalue weighted by atomic mass is 9.35. The molecule has 4 aliphatic carbocycles. The minimum absolute atomic E-state index is 0.00237. The van der Waals surface area contributed by atoms with Gasteiger partial charge in [-0.1, -0.05) is 46.3 Å². The second-order valence-electron chi connectivity index (χ2n) is 27.7. The van der Waals surface area contributed by atoms with E-state index >= 15 is 0 Å². The van der Waals surface area contributed by atoms with Crippen LogP contribution in [0.1, 0.15) is 113 Å². The van der Waals surface area contributed by atoms with E-state index in [-0.39, 0.29) is 47.7 Å². The molecular weight excluding hydrogens is 1110 g/mol. The van der Waals surface area contributed by atoms with Gasteiger partial charge in [0.2, 0.25) is 0 Å². The average molecular weight is 1210 g/mol. The SMILES string of the molecule is CC(C)=CCC[C@](C)(O[C@@H]1O[C@H](CO[C@@H]2OC[C@@H](O)[C@H](O)[C@H]2O)[C@@H](O)[C@H](O)[C@H]1O)[C@H]1CC[C@]2(C)[C@@H]1[C@H](O)C[C@@H]1[C@@]3(C)CC[C@H](O[C@@H]4O[C@H](CO[C@@H]5OC[C@@H](O)[C@H](O)[C@H]5O)[C@@H](O)[C@H](O)[C@H]4O[C@@H]4O[C@H](CO)[C@@H](O)[C@H](O)[C@H]4O)C(C)(C)[C@@H]3CC[C@]12C. The predicted octanol–water partition coefficient (Wildman–Crippen LogP) is -3.10. The summed E-state index contributed by atoms with van der Waals surface area (Å²) in [7, 11) is 0. The number of hydrogen-bond donors (Lipinski definition) is 16. The molecular formula is C58H98O26. The highest BCUT2D eigenvalue weighted by Crippen LogP contribution is 2.76. The lowest BCUT2D eigenvalue weighted by molar-refractivity contribution is -0.382. The molecule has 5 heterocycles. The highest BCUT2D eigenvalue weighted by molar-refractivity contribution is 5.21. The van der Waals surface area contributed by atoms with E-state index in [1.807, 2.05) is 20.8 Å². The van der Waals surface area contributed by atoms with Crippen molar-refractivity contribution in [3.05, 3.63) is 11.6 Å². The van der Waals surface area contributed by atoms with Crippen molar-refractivity contribution in [3.8, 4) is 0 Å². The summed E-state index contributed by atoms with van der Waals surface area (Å²) in [6, 6.07) is 0. The van der Waals surface area contributed by atoms with Gasteiger partial charge in [-0.05, 0) is 124 Å². The summed E-state index contributed by atoms with van der Waals surface area (Å²) in [5.41, 5.74) is -1.78. The highest BCUT2D eigenvalue weighted by atomic mass is 16.8. The molecule has 0 spiro atoms. The van der Waals surface area contributed by atoms with Crippen LogP contribution in [0.2, 0.25) is 0 Å². The molecule has 5 aliphatic heterocycles. The van der Waals surface area contributed by atoms with Crippen LogP contribution in [0.5, 0.6) is 0 Å². The van der Waals surface area contributed by atoms with E-state index in [1.54, 1.807) is 0 Å². The Morgan fingerprint density at radius 1 is 0.524 bits per heavy atom. The fraction of sp³-hybridized carbons (Fsp3) is 0.966. The van der Waals surface area contributed by atoms with Crippen LogP contribution in [0.3, 0.4) is 0 Å². The Balaban J connectivity index is 0.939. The number of aliphatic hydroxyl groups excluding tert-OH is 16. The molecule has 0 aromatic heterocycles. The van der Waals surface area contributed by atoms with Gasteiger partial charge in [-0.2, -0.15) is 0 Å². The highest BCUT2D eigenvalue weighted by Gasteiger charge is 2.72. The summed E-state index contributed by atoms with van der Waals surface area (Å²) in [6.45, 7) is 14.7. The summed E-state index contributed by atoms with van der Waals surface area (Å²) in [6.07, 6.45) is -30.4. The second kappa shape index (κ2) is 25.8. The van der Waals surface area contributed by atoms with E-state index in [0.29, 0.717) is 38.5 Å². The van der Waals surface area contributed by atoms with E-state index in [0.717, 1.165) is 24.8 Å². The van der Waals surface area contributed by atoms with E-state index in [9.17, 15) is 81.7 Å². The van der Waals surface area contributed by atoms with Gasteiger partial charge < -0.3 is 129 Å². The van der Waals surface area contributed by atoms with Crippen molar-refractivity contribution in [2.45, 2.75) is 272 Å². The van der Waals surface area contributed by atoms with Gasteiger partial charge in [0, 0.05) is 0 Å². The Bertz CT molecular complexity index is 2210. The zero-order valence-electron chi connectivity index (χ0n) is 49.5. The molecule has 0 amide bonds. The smallest absolute Gasteiger partial charge is 0.187 e. The topological polar surface area (TPSA) is 416 Å². The molecule has 0 unspecified atom stereocenters. The Hall–Kier alpha value is -1.30. The van der Waals surface area contributed by atoms with Crippen LogP contribution >= 0.6 is 0 Å². The third-order valence-electron chi connectivity index (χ3n) is 22.2. The van der Waals surface area contributed by atoms with Gasteiger partial charge in [-0.3, -0.25) is 0 Å². The van der Waals surface area contributed by atoms with E-state index in [2.05, 4.69) is 40.7 Å². The Labute approximate surface area is 490 Å². The van der Waals surface area contributed by atoms with Crippen LogP contribution in [-0.2, 0) is 47.4 Å². The molecule has 0 aromatic carbocycles. The normalized spacial score (nSPS) is 53.0. The lowest BCUT2D eigenvalue weighted by Crippen LogP contribution is -2.68. The van der Waals surface area contributed by atoms with E-state index < -0.39 is 190 Å². The zero-order chi connectivity index (χ0) is 61.5. The maximum absolute atomic E-state index is 12.9. The fourth-order valence-corrected chi connectivity index (χ4v) is 17.1. The molecule has 26 nitrogen and oxygen atoms in total. The molecule has 9 fully saturated rings. The summed E-state index contributed by atoms with van der Waals surface area (Å²) < 4.78 is 60.6. The lowest BCUT2D eigenvalue weighted by Gasteiger charge is -2.71. The van der Waals surface area contributed by atoms with Gasteiger partial charge in [-0.25, -0.2) is 0 Å². The Morgan fingerprint density at radius 3 is 1.61 bits per heavy atom. The molecule has 33 atom stereocenters. The molecule has 16 N–H and O–H groups in total. The first kappa shape index (κ1) is 67.1. The van der Waals surface area contributed by atoms with Crippen molar-refractivity contribution >= 4 is 0 Å². The maximum atomic E-state index is 12.9. The molecule has 486 valence electrons. The van der Waals surface area contributed by atoms with Gasteiger partial charge >= 0.3 is 0 Å². The third-order valence-corrected chi connectivity index (χ3v) is 22.2. The van der Waals surface area contributed by atoms with E-state index in [4.69, 9.17) is 47.4 Å². The van der Waals surface area contributed by atoms with Crippen LogP contribution in [0.15, 0.2) is 11.6 Å². The zero-order valence-corrected chi connectivity index (χ0v) is 49.5. The van der Waals surface area contributed by atoms with Crippen LogP contribution in [0, 0.1) is 45.3 Å². The second-order valence-corrected chi connectivity index (χ2v) is 27.7. The molecule has 0 bridgehead atoms. The minimum Gasteiger partial charge on any atom is -0.394 e. The van der Waals surface area contributed by atoms with Gasteiger partial charge in [0.05, 0.1) is 50.8 Å². The van der Waals surface area contributed by atoms with Crippen molar-refractivity contribution in [2.24, 2.45) is 45.3 Å². The Kier molecular flexibility index (Phi) is 20.6. The van der Waals surface area contributed by atoms with E-state index in [1.165, 1.54) is 0 Å². The number of fused-ring (bicyclic) bond motifs is 5. The largest absolute Gasteiger partial charge is 0.394 e. The van der Waals surface area contributed by atoms with Crippen molar-refractivity contribution in [3.63, 3.8) is 0 Å².